The Balaban J connectivity index is 2.59. The fourth-order valence-corrected chi connectivity index (χ4v) is 1.47. The van der Waals surface area contributed by atoms with Crippen LogP contribution in [0.25, 0.3) is 0 Å². The van der Waals surface area contributed by atoms with Gasteiger partial charge in [0.1, 0.15) is 0 Å². The molecule has 0 atom stereocenters. The van der Waals surface area contributed by atoms with Gasteiger partial charge in [0, 0.05) is 24.3 Å². The number of likely N-dealkylation sites (N-methyl/N-ethyl adjacent to an activating group) is 1. The van der Waals surface area contributed by atoms with Crippen molar-refractivity contribution in [2.24, 2.45) is 0 Å². The SMILES string of the molecule is CCN(CC(=O)O)Cc1cnn(C(C)C)c1. The Morgan fingerprint density at radius 3 is 2.75 bits per heavy atom. The second kappa shape index (κ2) is 5.65. The zero-order valence-corrected chi connectivity index (χ0v) is 10.1. The first-order valence-electron chi connectivity index (χ1n) is 5.50. The Morgan fingerprint density at radius 2 is 2.31 bits per heavy atom. The topological polar surface area (TPSA) is 58.4 Å². The number of carboxylic acid groups (broad SMARTS) is 1. The van der Waals surface area contributed by atoms with E-state index in [2.05, 4.69) is 18.9 Å². The molecule has 1 heterocycles. The highest BCUT2D eigenvalue weighted by Gasteiger charge is 2.09. The summed E-state index contributed by atoms with van der Waals surface area (Å²) in [5.41, 5.74) is 1.05. The first-order chi connectivity index (χ1) is 7.52. The second-order valence-electron chi connectivity index (χ2n) is 4.12. The van der Waals surface area contributed by atoms with Crippen molar-refractivity contribution in [1.29, 1.82) is 0 Å². The van der Waals surface area contributed by atoms with Crippen LogP contribution in [0.3, 0.4) is 0 Å². The Labute approximate surface area is 95.7 Å². The third kappa shape index (κ3) is 3.66. The molecule has 1 N–H and O–H groups in total. The molecule has 0 unspecified atom stereocenters. The number of aliphatic carboxylic acids is 1. The molecule has 90 valence electrons. The smallest absolute Gasteiger partial charge is 0.317 e. The van der Waals surface area contributed by atoms with Crippen molar-refractivity contribution in [3.63, 3.8) is 0 Å². The number of carbonyl (C=O) groups is 1. The highest BCUT2D eigenvalue weighted by molar-refractivity contribution is 5.69. The van der Waals surface area contributed by atoms with Crippen LogP contribution in [0.5, 0.6) is 0 Å². The molecular weight excluding hydrogens is 206 g/mol. The van der Waals surface area contributed by atoms with E-state index in [1.54, 1.807) is 6.20 Å². The molecule has 0 radical (unpaired) electrons. The van der Waals surface area contributed by atoms with Crippen LogP contribution >= 0.6 is 0 Å². The molecule has 0 aliphatic heterocycles. The predicted molar refractivity (Wildman–Crippen MR) is 61.2 cm³/mol. The van der Waals surface area contributed by atoms with Gasteiger partial charge in [-0.1, -0.05) is 6.92 Å². The van der Waals surface area contributed by atoms with Crippen molar-refractivity contribution in [2.45, 2.75) is 33.4 Å². The maximum Gasteiger partial charge on any atom is 0.317 e. The van der Waals surface area contributed by atoms with E-state index in [-0.39, 0.29) is 6.54 Å². The van der Waals surface area contributed by atoms with E-state index >= 15 is 0 Å². The largest absolute Gasteiger partial charge is 0.480 e. The van der Waals surface area contributed by atoms with Gasteiger partial charge >= 0.3 is 5.97 Å². The molecule has 0 amide bonds. The summed E-state index contributed by atoms with van der Waals surface area (Å²) in [6.07, 6.45) is 3.76. The number of carboxylic acids is 1. The van der Waals surface area contributed by atoms with Crippen LogP contribution in [0.4, 0.5) is 0 Å². The van der Waals surface area contributed by atoms with Crippen molar-refractivity contribution in [1.82, 2.24) is 14.7 Å². The highest BCUT2D eigenvalue weighted by Crippen LogP contribution is 2.07. The fourth-order valence-electron chi connectivity index (χ4n) is 1.47. The van der Waals surface area contributed by atoms with Gasteiger partial charge in [-0.25, -0.2) is 0 Å². The molecule has 0 aliphatic rings. The monoisotopic (exact) mass is 225 g/mol. The van der Waals surface area contributed by atoms with Crippen LogP contribution in [0.15, 0.2) is 12.4 Å². The maximum atomic E-state index is 10.6. The maximum absolute atomic E-state index is 10.6. The van der Waals surface area contributed by atoms with Crippen molar-refractivity contribution in [3.05, 3.63) is 18.0 Å². The molecular formula is C11H19N3O2. The Bertz CT molecular complexity index is 347. The van der Waals surface area contributed by atoms with E-state index in [0.29, 0.717) is 12.6 Å². The summed E-state index contributed by atoms with van der Waals surface area (Å²) in [6, 6.07) is 0.336. The number of hydrogen-bond donors (Lipinski definition) is 1. The van der Waals surface area contributed by atoms with Gasteiger partial charge in [0.15, 0.2) is 0 Å². The van der Waals surface area contributed by atoms with E-state index in [1.807, 2.05) is 22.7 Å². The van der Waals surface area contributed by atoms with Crippen LogP contribution in [-0.2, 0) is 11.3 Å². The van der Waals surface area contributed by atoms with Crippen LogP contribution < -0.4 is 0 Å². The van der Waals surface area contributed by atoms with Gasteiger partial charge in [-0.05, 0) is 20.4 Å². The van der Waals surface area contributed by atoms with Gasteiger partial charge in [0.25, 0.3) is 0 Å². The van der Waals surface area contributed by atoms with Crippen LogP contribution in [-0.4, -0.2) is 38.8 Å². The van der Waals surface area contributed by atoms with E-state index < -0.39 is 5.97 Å². The van der Waals surface area contributed by atoms with Gasteiger partial charge < -0.3 is 5.11 Å². The summed E-state index contributed by atoms with van der Waals surface area (Å²) >= 11 is 0. The number of hydrogen-bond acceptors (Lipinski definition) is 3. The molecule has 0 aliphatic carbocycles. The number of aromatic nitrogens is 2. The molecule has 1 rings (SSSR count). The van der Waals surface area contributed by atoms with E-state index in [0.717, 1.165) is 12.1 Å². The molecule has 0 saturated heterocycles. The summed E-state index contributed by atoms with van der Waals surface area (Å²) in [6.45, 7) is 7.51. The first-order valence-corrected chi connectivity index (χ1v) is 5.50. The van der Waals surface area contributed by atoms with Crippen LogP contribution in [0.1, 0.15) is 32.4 Å². The lowest BCUT2D eigenvalue weighted by atomic mass is 10.3. The first kappa shape index (κ1) is 12.7. The summed E-state index contributed by atoms with van der Waals surface area (Å²) in [7, 11) is 0. The molecule has 1 aromatic rings. The third-order valence-electron chi connectivity index (χ3n) is 2.40. The average molecular weight is 225 g/mol. The molecule has 0 spiro atoms. The average Bonchev–Trinajstić information content (AvgIpc) is 2.64. The minimum atomic E-state index is -0.793. The molecule has 0 bridgehead atoms. The normalized spacial score (nSPS) is 11.3. The van der Waals surface area contributed by atoms with Crippen LogP contribution in [0.2, 0.25) is 0 Å². The molecule has 5 nitrogen and oxygen atoms in total. The van der Waals surface area contributed by atoms with Crippen molar-refractivity contribution in [3.8, 4) is 0 Å². The fraction of sp³-hybridized carbons (Fsp3) is 0.636. The minimum Gasteiger partial charge on any atom is -0.480 e. The van der Waals surface area contributed by atoms with Gasteiger partial charge in [-0.15, -0.1) is 0 Å². The van der Waals surface area contributed by atoms with Crippen molar-refractivity contribution in [2.75, 3.05) is 13.1 Å². The zero-order chi connectivity index (χ0) is 12.1. The van der Waals surface area contributed by atoms with E-state index in [9.17, 15) is 4.79 Å². The number of rotatable bonds is 6. The van der Waals surface area contributed by atoms with E-state index in [4.69, 9.17) is 5.11 Å². The number of nitrogens with zero attached hydrogens (tertiary/aromatic N) is 3. The predicted octanol–water partition coefficient (Wildman–Crippen LogP) is 1.37. The molecule has 0 fully saturated rings. The summed E-state index contributed by atoms with van der Waals surface area (Å²) in [5, 5.41) is 12.9. The summed E-state index contributed by atoms with van der Waals surface area (Å²) in [5.74, 6) is -0.793. The Morgan fingerprint density at radius 1 is 1.62 bits per heavy atom. The standard InChI is InChI=1S/C11H19N3O2/c1-4-13(8-11(15)16)6-10-5-12-14(7-10)9(2)3/h5,7,9H,4,6,8H2,1-3H3,(H,15,16). The van der Waals surface area contributed by atoms with Gasteiger partial charge in [-0.2, -0.15) is 5.10 Å². The lowest BCUT2D eigenvalue weighted by Crippen LogP contribution is -2.28. The quantitative estimate of drug-likeness (QED) is 0.794. The second-order valence-corrected chi connectivity index (χ2v) is 4.12. The summed E-state index contributed by atoms with van der Waals surface area (Å²) < 4.78 is 1.88. The van der Waals surface area contributed by atoms with Gasteiger partial charge in [0.2, 0.25) is 0 Å². The molecule has 5 heteroatoms. The zero-order valence-electron chi connectivity index (χ0n) is 10.1. The van der Waals surface area contributed by atoms with Gasteiger partial charge in [-0.3, -0.25) is 14.4 Å². The minimum absolute atomic E-state index is 0.0728. The molecule has 16 heavy (non-hydrogen) atoms. The Kier molecular flexibility index (Phi) is 4.49. The van der Waals surface area contributed by atoms with E-state index in [1.165, 1.54) is 0 Å². The lowest BCUT2D eigenvalue weighted by Gasteiger charge is -2.16. The lowest BCUT2D eigenvalue weighted by molar-refractivity contribution is -0.138. The van der Waals surface area contributed by atoms with Crippen molar-refractivity contribution >= 4 is 5.97 Å². The third-order valence-corrected chi connectivity index (χ3v) is 2.40. The summed E-state index contributed by atoms with van der Waals surface area (Å²) in [4.78, 5) is 12.5. The highest BCUT2D eigenvalue weighted by atomic mass is 16.4. The molecule has 1 aromatic heterocycles. The molecule has 0 aromatic carbocycles. The van der Waals surface area contributed by atoms with Gasteiger partial charge in [0.05, 0.1) is 12.7 Å². The van der Waals surface area contributed by atoms with Crippen molar-refractivity contribution < 1.29 is 9.90 Å². The Hall–Kier alpha value is -1.36. The molecule has 0 saturated carbocycles. The van der Waals surface area contributed by atoms with Crippen LogP contribution in [0, 0.1) is 0 Å².